The summed E-state index contributed by atoms with van der Waals surface area (Å²) in [4.78, 5) is 20.9. The third-order valence-corrected chi connectivity index (χ3v) is 3.78. The molecule has 1 N–H and O–H groups in total. The lowest BCUT2D eigenvalue weighted by Crippen LogP contribution is -2.31. The third-order valence-electron chi connectivity index (χ3n) is 3.78. The average Bonchev–Trinajstić information content (AvgIpc) is 3.00. The Kier molecular flexibility index (Phi) is 4.37. The highest BCUT2D eigenvalue weighted by Crippen LogP contribution is 2.23. The summed E-state index contributed by atoms with van der Waals surface area (Å²) >= 11 is 0. The van der Waals surface area contributed by atoms with Gasteiger partial charge in [-0.05, 0) is 25.1 Å². The fourth-order valence-electron chi connectivity index (χ4n) is 2.46. The second-order valence-corrected chi connectivity index (χ2v) is 5.51. The molecule has 0 saturated carbocycles. The van der Waals surface area contributed by atoms with E-state index in [1.165, 1.54) is 12.3 Å². The number of amides is 1. The van der Waals surface area contributed by atoms with Gasteiger partial charge in [0.2, 0.25) is 0 Å². The van der Waals surface area contributed by atoms with Gasteiger partial charge >= 0.3 is 0 Å². The standard InChI is InChI=1S/C18H17FN4O/c1-12-7-8-13(11-21-12)18(24)22-16(17-20-9-10-23(17)2)14-5-3-4-6-15(14)19/h3-11,16H,1-2H3,(H,22,24). The Balaban J connectivity index is 1.97. The van der Waals surface area contributed by atoms with Crippen LogP contribution < -0.4 is 5.32 Å². The average molecular weight is 324 g/mol. The molecule has 1 aromatic carbocycles. The lowest BCUT2D eigenvalue weighted by molar-refractivity contribution is 0.0940. The fourth-order valence-corrected chi connectivity index (χ4v) is 2.46. The molecule has 0 spiro atoms. The second-order valence-electron chi connectivity index (χ2n) is 5.51. The summed E-state index contributed by atoms with van der Waals surface area (Å²) in [6, 6.07) is 9.10. The number of imidazole rings is 1. The first-order valence-corrected chi connectivity index (χ1v) is 7.51. The summed E-state index contributed by atoms with van der Waals surface area (Å²) in [6.45, 7) is 1.84. The van der Waals surface area contributed by atoms with Crippen molar-refractivity contribution in [2.24, 2.45) is 7.05 Å². The van der Waals surface area contributed by atoms with Gasteiger partial charge in [-0.25, -0.2) is 9.37 Å². The van der Waals surface area contributed by atoms with Gasteiger partial charge in [-0.1, -0.05) is 18.2 Å². The molecule has 0 aliphatic carbocycles. The molecule has 2 heterocycles. The molecule has 0 saturated heterocycles. The molecule has 2 aromatic heterocycles. The van der Waals surface area contributed by atoms with Crippen LogP contribution in [0.5, 0.6) is 0 Å². The van der Waals surface area contributed by atoms with Crippen molar-refractivity contribution in [3.63, 3.8) is 0 Å². The normalized spacial score (nSPS) is 12.0. The molecular formula is C18H17FN4O. The number of carbonyl (C=O) groups excluding carboxylic acids is 1. The maximum absolute atomic E-state index is 14.3. The molecule has 6 heteroatoms. The third kappa shape index (κ3) is 3.17. The maximum Gasteiger partial charge on any atom is 0.253 e. The number of aromatic nitrogens is 3. The molecule has 0 fully saturated rings. The van der Waals surface area contributed by atoms with Crippen LogP contribution in [0, 0.1) is 12.7 Å². The van der Waals surface area contributed by atoms with Crippen LogP contribution in [-0.2, 0) is 7.05 Å². The van der Waals surface area contributed by atoms with Gasteiger partial charge in [0.15, 0.2) is 0 Å². The highest BCUT2D eigenvalue weighted by atomic mass is 19.1. The minimum Gasteiger partial charge on any atom is -0.338 e. The van der Waals surface area contributed by atoms with Crippen molar-refractivity contribution in [3.8, 4) is 0 Å². The zero-order valence-corrected chi connectivity index (χ0v) is 13.4. The molecule has 0 aliphatic heterocycles. The van der Waals surface area contributed by atoms with E-state index >= 15 is 0 Å². The van der Waals surface area contributed by atoms with E-state index in [0.29, 0.717) is 17.0 Å². The summed E-state index contributed by atoms with van der Waals surface area (Å²) in [7, 11) is 1.80. The number of benzene rings is 1. The van der Waals surface area contributed by atoms with Crippen molar-refractivity contribution < 1.29 is 9.18 Å². The first-order valence-electron chi connectivity index (χ1n) is 7.51. The minimum atomic E-state index is -0.694. The molecule has 5 nitrogen and oxygen atoms in total. The van der Waals surface area contributed by atoms with Gasteiger partial charge in [0, 0.05) is 36.9 Å². The topological polar surface area (TPSA) is 59.8 Å². The van der Waals surface area contributed by atoms with E-state index in [1.54, 1.807) is 54.3 Å². The van der Waals surface area contributed by atoms with E-state index in [2.05, 4.69) is 15.3 Å². The van der Waals surface area contributed by atoms with E-state index < -0.39 is 11.9 Å². The van der Waals surface area contributed by atoms with Crippen molar-refractivity contribution >= 4 is 5.91 Å². The van der Waals surface area contributed by atoms with Gasteiger partial charge in [0.1, 0.15) is 17.7 Å². The molecule has 1 amide bonds. The Morgan fingerprint density at radius 1 is 1.21 bits per heavy atom. The molecule has 0 radical (unpaired) electrons. The predicted molar refractivity (Wildman–Crippen MR) is 87.9 cm³/mol. The zero-order valence-electron chi connectivity index (χ0n) is 13.4. The van der Waals surface area contributed by atoms with E-state index in [4.69, 9.17) is 0 Å². The first kappa shape index (κ1) is 15.9. The van der Waals surface area contributed by atoms with Crippen LogP contribution in [-0.4, -0.2) is 20.4 Å². The summed E-state index contributed by atoms with van der Waals surface area (Å²) < 4.78 is 16.0. The van der Waals surface area contributed by atoms with Crippen LogP contribution in [0.1, 0.15) is 33.5 Å². The molecule has 0 aliphatic rings. The largest absolute Gasteiger partial charge is 0.338 e. The maximum atomic E-state index is 14.3. The summed E-state index contributed by atoms with van der Waals surface area (Å²) in [6.07, 6.45) is 4.87. The molecule has 1 atom stereocenters. The number of hydrogen-bond donors (Lipinski definition) is 1. The van der Waals surface area contributed by atoms with E-state index in [1.807, 2.05) is 6.92 Å². The first-order chi connectivity index (χ1) is 11.6. The fraction of sp³-hybridized carbons (Fsp3) is 0.167. The lowest BCUT2D eigenvalue weighted by Gasteiger charge is -2.19. The number of pyridine rings is 1. The summed E-state index contributed by atoms with van der Waals surface area (Å²) in [5, 5.41) is 2.85. The number of nitrogens with one attached hydrogen (secondary N) is 1. The van der Waals surface area contributed by atoms with Crippen molar-refractivity contribution in [3.05, 3.63) is 83.5 Å². The Morgan fingerprint density at radius 3 is 2.62 bits per heavy atom. The Morgan fingerprint density at radius 2 is 2.00 bits per heavy atom. The number of nitrogens with zero attached hydrogens (tertiary/aromatic N) is 3. The second kappa shape index (κ2) is 6.62. The van der Waals surface area contributed by atoms with Gasteiger partial charge < -0.3 is 9.88 Å². The van der Waals surface area contributed by atoms with Gasteiger partial charge in [-0.3, -0.25) is 9.78 Å². The van der Waals surface area contributed by atoms with Gasteiger partial charge in [0.25, 0.3) is 5.91 Å². The van der Waals surface area contributed by atoms with Crippen molar-refractivity contribution in [2.45, 2.75) is 13.0 Å². The van der Waals surface area contributed by atoms with Crippen molar-refractivity contribution in [1.82, 2.24) is 19.9 Å². The van der Waals surface area contributed by atoms with Crippen LogP contribution in [0.15, 0.2) is 55.0 Å². The van der Waals surface area contributed by atoms with E-state index in [0.717, 1.165) is 5.69 Å². The number of aryl methyl sites for hydroxylation is 2. The Labute approximate surface area is 139 Å². The van der Waals surface area contributed by atoms with Crippen molar-refractivity contribution in [1.29, 1.82) is 0 Å². The van der Waals surface area contributed by atoms with Gasteiger partial charge in [-0.15, -0.1) is 0 Å². The molecule has 3 rings (SSSR count). The molecule has 24 heavy (non-hydrogen) atoms. The van der Waals surface area contributed by atoms with E-state index in [9.17, 15) is 9.18 Å². The monoisotopic (exact) mass is 324 g/mol. The van der Waals surface area contributed by atoms with Crippen LogP contribution in [0.3, 0.4) is 0 Å². The molecular weight excluding hydrogens is 307 g/mol. The summed E-state index contributed by atoms with van der Waals surface area (Å²) in [5.41, 5.74) is 1.60. The van der Waals surface area contributed by atoms with Crippen LogP contribution >= 0.6 is 0 Å². The molecule has 0 bridgehead atoms. The van der Waals surface area contributed by atoms with Crippen LogP contribution in [0.2, 0.25) is 0 Å². The Hall–Kier alpha value is -3.02. The smallest absolute Gasteiger partial charge is 0.253 e. The molecule has 1 unspecified atom stereocenters. The number of rotatable bonds is 4. The van der Waals surface area contributed by atoms with Crippen LogP contribution in [0.25, 0.3) is 0 Å². The minimum absolute atomic E-state index is 0.334. The van der Waals surface area contributed by atoms with Gasteiger partial charge in [0.05, 0.1) is 5.56 Å². The Bertz CT molecular complexity index is 857. The molecule has 3 aromatic rings. The number of carbonyl (C=O) groups is 1. The lowest BCUT2D eigenvalue weighted by atomic mass is 10.0. The van der Waals surface area contributed by atoms with Gasteiger partial charge in [-0.2, -0.15) is 0 Å². The predicted octanol–water partition coefficient (Wildman–Crippen LogP) is 2.78. The van der Waals surface area contributed by atoms with Crippen molar-refractivity contribution in [2.75, 3.05) is 0 Å². The molecule has 122 valence electrons. The zero-order chi connectivity index (χ0) is 17.1. The number of halogens is 1. The summed E-state index contributed by atoms with van der Waals surface area (Å²) in [5.74, 6) is -0.180. The quantitative estimate of drug-likeness (QED) is 0.803. The highest BCUT2D eigenvalue weighted by Gasteiger charge is 2.24. The van der Waals surface area contributed by atoms with Crippen LogP contribution in [0.4, 0.5) is 4.39 Å². The SMILES string of the molecule is Cc1ccc(C(=O)NC(c2ccccc2F)c2nccn2C)cn1. The van der Waals surface area contributed by atoms with E-state index in [-0.39, 0.29) is 5.91 Å². The number of hydrogen-bond acceptors (Lipinski definition) is 3. The highest BCUT2D eigenvalue weighted by molar-refractivity contribution is 5.94.